The monoisotopic (exact) mass is 277 g/mol. The van der Waals surface area contributed by atoms with Crippen molar-refractivity contribution >= 4 is 15.8 Å². The minimum atomic E-state index is -2.95. The van der Waals surface area contributed by atoms with E-state index in [1.807, 2.05) is 0 Å². The summed E-state index contributed by atoms with van der Waals surface area (Å²) < 4.78 is 22.3. The van der Waals surface area contributed by atoms with Crippen LogP contribution in [-0.2, 0) is 14.6 Å². The van der Waals surface area contributed by atoms with E-state index in [0.717, 1.165) is 19.4 Å². The predicted molar refractivity (Wildman–Crippen MR) is 70.3 cm³/mol. The van der Waals surface area contributed by atoms with Gasteiger partial charge in [-0.15, -0.1) is 0 Å². The van der Waals surface area contributed by atoms with Gasteiger partial charge in [-0.05, 0) is 39.2 Å². The largest absolute Gasteiger partial charge is 0.481 e. The van der Waals surface area contributed by atoms with Crippen molar-refractivity contribution in [2.75, 3.05) is 31.6 Å². The van der Waals surface area contributed by atoms with Gasteiger partial charge in [0.15, 0.2) is 0 Å². The van der Waals surface area contributed by atoms with Crippen molar-refractivity contribution in [2.45, 2.75) is 26.7 Å². The Bertz CT molecular complexity index is 402. The smallest absolute Gasteiger partial charge is 0.309 e. The fourth-order valence-corrected chi connectivity index (χ4v) is 2.91. The van der Waals surface area contributed by atoms with Gasteiger partial charge >= 0.3 is 5.97 Å². The van der Waals surface area contributed by atoms with Crippen LogP contribution in [0.2, 0.25) is 0 Å². The topological polar surface area (TPSA) is 74.7 Å². The average Bonchev–Trinajstić information content (AvgIpc) is 2.25. The highest BCUT2D eigenvalue weighted by molar-refractivity contribution is 7.90. The van der Waals surface area contributed by atoms with Gasteiger partial charge in [0, 0.05) is 19.3 Å². The number of likely N-dealkylation sites (tertiary alicyclic amines) is 1. The van der Waals surface area contributed by atoms with Gasteiger partial charge in [-0.2, -0.15) is 0 Å². The van der Waals surface area contributed by atoms with Crippen molar-refractivity contribution in [3.63, 3.8) is 0 Å². The number of carboxylic acid groups (broad SMARTS) is 1. The summed E-state index contributed by atoms with van der Waals surface area (Å²) in [4.78, 5) is 13.3. The highest BCUT2D eigenvalue weighted by Crippen LogP contribution is 2.34. The number of carbonyl (C=O) groups is 1. The third-order valence-corrected chi connectivity index (χ3v) is 4.78. The molecule has 0 saturated carbocycles. The lowest BCUT2D eigenvalue weighted by molar-refractivity contribution is -0.151. The molecule has 0 aromatic rings. The second-order valence-corrected chi connectivity index (χ2v) is 8.06. The number of sulfone groups is 1. The van der Waals surface area contributed by atoms with E-state index in [0.29, 0.717) is 13.1 Å². The number of rotatable bonds is 5. The molecule has 1 unspecified atom stereocenters. The Labute approximate surface area is 109 Å². The zero-order valence-corrected chi connectivity index (χ0v) is 12.2. The van der Waals surface area contributed by atoms with Crippen LogP contribution in [0, 0.1) is 11.3 Å². The Balaban J connectivity index is 2.59. The molecule has 0 spiro atoms. The first-order valence-corrected chi connectivity index (χ1v) is 8.32. The molecule has 0 bridgehead atoms. The van der Waals surface area contributed by atoms with Crippen LogP contribution in [0.5, 0.6) is 0 Å². The zero-order chi connectivity index (χ0) is 14.0. The van der Waals surface area contributed by atoms with E-state index >= 15 is 0 Å². The van der Waals surface area contributed by atoms with E-state index in [2.05, 4.69) is 4.90 Å². The van der Waals surface area contributed by atoms with Crippen LogP contribution in [0.15, 0.2) is 0 Å². The standard InChI is InChI=1S/C12H23NO4S/c1-12(2,11(14)15)10-5-4-6-13(9-10)7-8-18(3,16)17/h10H,4-9H2,1-3H3,(H,14,15). The molecule has 18 heavy (non-hydrogen) atoms. The van der Waals surface area contributed by atoms with Gasteiger partial charge in [-0.25, -0.2) is 8.42 Å². The van der Waals surface area contributed by atoms with Gasteiger partial charge in [0.25, 0.3) is 0 Å². The second-order valence-electron chi connectivity index (χ2n) is 5.80. The lowest BCUT2D eigenvalue weighted by Crippen LogP contribution is -2.45. The van der Waals surface area contributed by atoms with Crippen LogP contribution in [0.25, 0.3) is 0 Å². The number of hydrogen-bond donors (Lipinski definition) is 1. The van der Waals surface area contributed by atoms with E-state index < -0.39 is 21.2 Å². The van der Waals surface area contributed by atoms with E-state index in [9.17, 15) is 18.3 Å². The minimum absolute atomic E-state index is 0.0864. The number of hydrogen-bond acceptors (Lipinski definition) is 4. The average molecular weight is 277 g/mol. The fraction of sp³-hybridized carbons (Fsp3) is 0.917. The van der Waals surface area contributed by atoms with Crippen molar-refractivity contribution < 1.29 is 18.3 Å². The van der Waals surface area contributed by atoms with Crippen LogP contribution < -0.4 is 0 Å². The fourth-order valence-electron chi connectivity index (χ4n) is 2.32. The summed E-state index contributed by atoms with van der Waals surface area (Å²) in [5.74, 6) is -0.548. The molecule has 106 valence electrons. The highest BCUT2D eigenvalue weighted by Gasteiger charge is 2.38. The van der Waals surface area contributed by atoms with E-state index in [-0.39, 0.29) is 11.7 Å². The highest BCUT2D eigenvalue weighted by atomic mass is 32.2. The Morgan fingerprint density at radius 1 is 1.44 bits per heavy atom. The molecule has 1 aliphatic rings. The zero-order valence-electron chi connectivity index (χ0n) is 11.3. The Hall–Kier alpha value is -0.620. The molecular formula is C12H23NO4S. The van der Waals surface area contributed by atoms with Crippen molar-refractivity contribution in [1.82, 2.24) is 4.90 Å². The van der Waals surface area contributed by atoms with Gasteiger partial charge in [-0.3, -0.25) is 4.79 Å². The molecule has 0 aromatic carbocycles. The molecule has 5 nitrogen and oxygen atoms in total. The summed E-state index contributed by atoms with van der Waals surface area (Å²) >= 11 is 0. The molecule has 1 N–H and O–H groups in total. The molecule has 0 aliphatic carbocycles. The molecule has 1 atom stereocenters. The molecular weight excluding hydrogens is 254 g/mol. The van der Waals surface area contributed by atoms with Crippen molar-refractivity contribution in [3.8, 4) is 0 Å². The van der Waals surface area contributed by atoms with Crippen molar-refractivity contribution in [2.24, 2.45) is 11.3 Å². The summed E-state index contributed by atoms with van der Waals surface area (Å²) in [6.45, 7) is 5.54. The molecule has 6 heteroatoms. The quantitative estimate of drug-likeness (QED) is 0.806. The van der Waals surface area contributed by atoms with Gasteiger partial charge in [0.05, 0.1) is 11.2 Å². The van der Waals surface area contributed by atoms with Crippen LogP contribution in [0.1, 0.15) is 26.7 Å². The molecule has 1 fully saturated rings. The molecule has 0 amide bonds. The minimum Gasteiger partial charge on any atom is -0.481 e. The van der Waals surface area contributed by atoms with Gasteiger partial charge in [-0.1, -0.05) is 0 Å². The summed E-state index contributed by atoms with van der Waals surface area (Å²) in [6, 6.07) is 0. The van der Waals surface area contributed by atoms with Crippen LogP contribution in [0.4, 0.5) is 0 Å². The first kappa shape index (κ1) is 15.4. The number of piperidine rings is 1. The number of nitrogens with zero attached hydrogens (tertiary/aromatic N) is 1. The third kappa shape index (κ3) is 4.24. The molecule has 0 aromatic heterocycles. The Kier molecular flexibility index (Phi) is 4.78. The second kappa shape index (κ2) is 5.57. The first-order chi connectivity index (χ1) is 8.13. The van der Waals surface area contributed by atoms with Crippen molar-refractivity contribution in [1.29, 1.82) is 0 Å². The Morgan fingerprint density at radius 3 is 2.56 bits per heavy atom. The lowest BCUT2D eigenvalue weighted by atomic mass is 9.74. The van der Waals surface area contributed by atoms with Crippen LogP contribution in [0.3, 0.4) is 0 Å². The van der Waals surface area contributed by atoms with E-state index in [4.69, 9.17) is 0 Å². The number of aliphatic carboxylic acids is 1. The molecule has 1 saturated heterocycles. The Morgan fingerprint density at radius 2 is 2.06 bits per heavy atom. The first-order valence-electron chi connectivity index (χ1n) is 6.26. The predicted octanol–water partition coefficient (Wildman–Crippen LogP) is 0.854. The maximum Gasteiger partial charge on any atom is 0.309 e. The normalized spacial score (nSPS) is 22.9. The maximum atomic E-state index is 11.2. The molecule has 1 rings (SSSR count). The van der Waals surface area contributed by atoms with Gasteiger partial charge < -0.3 is 10.0 Å². The van der Waals surface area contributed by atoms with E-state index in [1.54, 1.807) is 13.8 Å². The summed E-state index contributed by atoms with van der Waals surface area (Å²) in [5, 5.41) is 9.22. The van der Waals surface area contributed by atoms with Crippen LogP contribution >= 0.6 is 0 Å². The van der Waals surface area contributed by atoms with Crippen molar-refractivity contribution in [3.05, 3.63) is 0 Å². The number of carboxylic acids is 1. The lowest BCUT2D eigenvalue weighted by Gasteiger charge is -2.39. The maximum absolute atomic E-state index is 11.2. The molecule has 1 heterocycles. The summed E-state index contributed by atoms with van der Waals surface area (Å²) in [5.41, 5.74) is -0.746. The molecule has 0 radical (unpaired) electrons. The molecule has 1 aliphatic heterocycles. The van der Waals surface area contributed by atoms with Gasteiger partial charge in [0.1, 0.15) is 9.84 Å². The van der Waals surface area contributed by atoms with E-state index in [1.165, 1.54) is 6.26 Å². The third-order valence-electron chi connectivity index (χ3n) is 3.86. The summed E-state index contributed by atoms with van der Waals surface area (Å²) in [7, 11) is -2.95. The summed E-state index contributed by atoms with van der Waals surface area (Å²) in [6.07, 6.45) is 3.06. The van der Waals surface area contributed by atoms with Gasteiger partial charge in [0.2, 0.25) is 0 Å². The van der Waals surface area contributed by atoms with Crippen LogP contribution in [-0.4, -0.2) is 56.0 Å². The SMILES string of the molecule is CC(C)(C(=O)O)C1CCCN(CCS(C)(=O)=O)C1.